The molecule has 1 N–H and O–H groups in total. The van der Waals surface area contributed by atoms with Crippen molar-refractivity contribution in [3.63, 3.8) is 0 Å². The summed E-state index contributed by atoms with van der Waals surface area (Å²) in [5.41, 5.74) is 1.05. The van der Waals surface area contributed by atoms with Gasteiger partial charge >= 0.3 is 5.91 Å². The van der Waals surface area contributed by atoms with Gasteiger partial charge in [-0.1, -0.05) is 66.7 Å². The van der Waals surface area contributed by atoms with E-state index >= 15 is 0 Å². The number of carbonyl (C=O) groups excluding carboxylic acids is 2. The van der Waals surface area contributed by atoms with Crippen LogP contribution in [0.2, 0.25) is 0 Å². The molecule has 5 rings (SSSR count). The fourth-order valence-corrected chi connectivity index (χ4v) is 4.00. The van der Waals surface area contributed by atoms with Gasteiger partial charge in [0, 0.05) is 11.8 Å². The van der Waals surface area contributed by atoms with Crippen LogP contribution in [0.1, 0.15) is 17.2 Å². The lowest BCUT2D eigenvalue weighted by molar-refractivity contribution is -0.132. The van der Waals surface area contributed by atoms with E-state index < -0.39 is 17.7 Å². The highest BCUT2D eigenvalue weighted by Crippen LogP contribution is 2.42. The maximum atomic E-state index is 13.2. The van der Waals surface area contributed by atoms with Crippen molar-refractivity contribution in [2.75, 3.05) is 4.90 Å². The van der Waals surface area contributed by atoms with E-state index in [1.807, 2.05) is 36.4 Å². The van der Waals surface area contributed by atoms with Crippen LogP contribution in [-0.2, 0) is 9.59 Å². The molecule has 2 heterocycles. The molecule has 34 heavy (non-hydrogen) atoms. The zero-order valence-corrected chi connectivity index (χ0v) is 18.0. The minimum absolute atomic E-state index is 0.00119. The van der Waals surface area contributed by atoms with Gasteiger partial charge in [-0.3, -0.25) is 14.5 Å². The predicted octanol–water partition coefficient (Wildman–Crippen LogP) is 5.50. The Bertz CT molecular complexity index is 1370. The predicted molar refractivity (Wildman–Crippen MR) is 128 cm³/mol. The van der Waals surface area contributed by atoms with E-state index in [1.165, 1.54) is 4.90 Å². The average Bonchev–Trinajstić information content (AvgIpc) is 3.16. The SMILES string of the molecule is O=C1C(=O)N(c2ccccn2)C(c2cccc(Oc3ccccc3)c2)/C1=C(\O)c1ccccc1. The molecule has 1 unspecified atom stereocenters. The number of ether oxygens (including phenoxy) is 1. The molecule has 1 fully saturated rings. The van der Waals surface area contributed by atoms with E-state index in [0.717, 1.165) is 0 Å². The highest BCUT2D eigenvalue weighted by Gasteiger charge is 2.47. The van der Waals surface area contributed by atoms with Crippen LogP contribution in [0.5, 0.6) is 11.5 Å². The summed E-state index contributed by atoms with van der Waals surface area (Å²) in [5, 5.41) is 11.1. The van der Waals surface area contributed by atoms with Crippen molar-refractivity contribution in [1.82, 2.24) is 4.98 Å². The van der Waals surface area contributed by atoms with E-state index in [9.17, 15) is 14.7 Å². The first kappa shape index (κ1) is 21.2. The van der Waals surface area contributed by atoms with Gasteiger partial charge in [-0.2, -0.15) is 0 Å². The highest BCUT2D eigenvalue weighted by molar-refractivity contribution is 6.51. The Morgan fingerprint density at radius 2 is 1.47 bits per heavy atom. The van der Waals surface area contributed by atoms with Gasteiger partial charge in [0.25, 0.3) is 5.78 Å². The number of ketones is 1. The van der Waals surface area contributed by atoms with Crippen molar-refractivity contribution < 1.29 is 19.4 Å². The van der Waals surface area contributed by atoms with Crippen LogP contribution in [0.3, 0.4) is 0 Å². The Hall–Kier alpha value is -4.71. The Labute approximate surface area is 196 Å². The smallest absolute Gasteiger partial charge is 0.301 e. The van der Waals surface area contributed by atoms with Crippen LogP contribution in [0.25, 0.3) is 5.76 Å². The maximum absolute atomic E-state index is 13.2. The maximum Gasteiger partial charge on any atom is 0.301 e. The summed E-state index contributed by atoms with van der Waals surface area (Å²) >= 11 is 0. The van der Waals surface area contributed by atoms with E-state index in [2.05, 4.69) is 4.98 Å². The normalized spacial score (nSPS) is 17.1. The summed E-state index contributed by atoms with van der Waals surface area (Å²) in [4.78, 5) is 32.0. The fraction of sp³-hybridized carbons (Fsp3) is 0.0357. The summed E-state index contributed by atoms with van der Waals surface area (Å²) in [7, 11) is 0. The summed E-state index contributed by atoms with van der Waals surface area (Å²) in [5.74, 6) is -0.257. The second kappa shape index (κ2) is 9.03. The molecule has 0 bridgehead atoms. The number of aliphatic hydroxyl groups excluding tert-OH is 1. The molecule has 1 amide bonds. The number of nitrogens with zero attached hydrogens (tertiary/aromatic N) is 2. The van der Waals surface area contributed by atoms with Crippen molar-refractivity contribution >= 4 is 23.3 Å². The lowest BCUT2D eigenvalue weighted by Gasteiger charge is -2.24. The van der Waals surface area contributed by atoms with Crippen molar-refractivity contribution in [2.45, 2.75) is 6.04 Å². The number of anilines is 1. The molecule has 1 aliphatic heterocycles. The molecule has 1 aliphatic rings. The number of para-hydroxylation sites is 1. The topological polar surface area (TPSA) is 79.7 Å². The largest absolute Gasteiger partial charge is 0.507 e. The summed E-state index contributed by atoms with van der Waals surface area (Å²) in [6, 6.07) is 29.4. The van der Waals surface area contributed by atoms with Crippen molar-refractivity contribution in [1.29, 1.82) is 0 Å². The van der Waals surface area contributed by atoms with Crippen LogP contribution >= 0.6 is 0 Å². The van der Waals surface area contributed by atoms with Gasteiger partial charge < -0.3 is 9.84 Å². The third kappa shape index (κ3) is 3.93. The van der Waals surface area contributed by atoms with Gasteiger partial charge in [0.1, 0.15) is 23.1 Å². The van der Waals surface area contributed by atoms with Crippen LogP contribution in [0.15, 0.2) is 115 Å². The molecule has 0 radical (unpaired) electrons. The first-order valence-electron chi connectivity index (χ1n) is 10.7. The molecule has 6 nitrogen and oxygen atoms in total. The molecule has 166 valence electrons. The number of carbonyl (C=O) groups is 2. The summed E-state index contributed by atoms with van der Waals surface area (Å²) in [6.07, 6.45) is 1.55. The third-order valence-corrected chi connectivity index (χ3v) is 5.54. The van der Waals surface area contributed by atoms with Gasteiger partial charge in [0.2, 0.25) is 0 Å². The zero-order chi connectivity index (χ0) is 23.5. The number of benzene rings is 3. The molecule has 4 aromatic rings. The average molecular weight is 448 g/mol. The monoisotopic (exact) mass is 448 g/mol. The second-order valence-electron chi connectivity index (χ2n) is 7.71. The van der Waals surface area contributed by atoms with Crippen LogP contribution in [-0.4, -0.2) is 21.8 Å². The van der Waals surface area contributed by atoms with Crippen LogP contribution in [0, 0.1) is 0 Å². The number of Topliss-reactive ketones (excluding diaryl/α,β-unsaturated/α-hetero) is 1. The molecular weight excluding hydrogens is 428 g/mol. The van der Waals surface area contributed by atoms with Crippen molar-refractivity contribution in [2.24, 2.45) is 0 Å². The number of pyridine rings is 1. The Balaban J connectivity index is 1.66. The van der Waals surface area contributed by atoms with Crippen LogP contribution in [0.4, 0.5) is 5.82 Å². The first-order valence-corrected chi connectivity index (χ1v) is 10.7. The van der Waals surface area contributed by atoms with Gasteiger partial charge in [-0.25, -0.2) is 4.98 Å². The van der Waals surface area contributed by atoms with Gasteiger partial charge in [0.05, 0.1) is 11.6 Å². The molecule has 1 aromatic heterocycles. The number of hydrogen-bond acceptors (Lipinski definition) is 5. The fourth-order valence-electron chi connectivity index (χ4n) is 4.00. The first-order chi connectivity index (χ1) is 16.6. The Morgan fingerprint density at radius 1 is 0.794 bits per heavy atom. The highest BCUT2D eigenvalue weighted by atomic mass is 16.5. The molecule has 0 spiro atoms. The van der Waals surface area contributed by atoms with Crippen LogP contribution < -0.4 is 9.64 Å². The minimum atomic E-state index is -0.880. The molecule has 0 aliphatic carbocycles. The molecule has 1 saturated heterocycles. The number of aromatic nitrogens is 1. The molecule has 1 atom stereocenters. The zero-order valence-electron chi connectivity index (χ0n) is 18.0. The molecule has 6 heteroatoms. The van der Waals surface area contributed by atoms with Crippen molar-refractivity contribution in [3.8, 4) is 11.5 Å². The molecule has 3 aromatic carbocycles. The number of aliphatic hydroxyl groups is 1. The lowest BCUT2D eigenvalue weighted by Crippen LogP contribution is -2.30. The van der Waals surface area contributed by atoms with Gasteiger partial charge in [-0.05, 0) is 42.0 Å². The summed E-state index contributed by atoms with van der Waals surface area (Å²) in [6.45, 7) is 0. The van der Waals surface area contributed by atoms with Gasteiger partial charge in [0.15, 0.2) is 0 Å². The number of hydrogen-bond donors (Lipinski definition) is 1. The van der Waals surface area contributed by atoms with Crippen molar-refractivity contribution in [3.05, 3.63) is 126 Å². The lowest BCUT2D eigenvalue weighted by atomic mass is 9.95. The standard InChI is InChI=1S/C28H20N2O4/c31-26(19-10-3-1-4-11-19)24-25(30(28(33)27(24)32)23-16-7-8-17-29-23)20-12-9-15-22(18-20)34-21-13-5-2-6-14-21/h1-18,25,31H/b26-24+. The van der Waals surface area contributed by atoms with E-state index in [0.29, 0.717) is 28.4 Å². The molecular formula is C28H20N2O4. The number of rotatable bonds is 5. The Morgan fingerprint density at radius 3 is 2.18 bits per heavy atom. The quantitative estimate of drug-likeness (QED) is 0.248. The Kier molecular flexibility index (Phi) is 5.62. The number of amides is 1. The summed E-state index contributed by atoms with van der Waals surface area (Å²) < 4.78 is 5.97. The van der Waals surface area contributed by atoms with E-state index in [-0.39, 0.29) is 11.3 Å². The second-order valence-corrected chi connectivity index (χ2v) is 7.71. The van der Waals surface area contributed by atoms with Gasteiger partial charge in [-0.15, -0.1) is 0 Å². The molecule has 0 saturated carbocycles. The van der Waals surface area contributed by atoms with E-state index in [4.69, 9.17) is 4.74 Å². The van der Waals surface area contributed by atoms with E-state index in [1.54, 1.807) is 72.9 Å². The third-order valence-electron chi connectivity index (χ3n) is 5.54. The minimum Gasteiger partial charge on any atom is -0.507 e.